The fourth-order valence-corrected chi connectivity index (χ4v) is 5.63. The lowest BCUT2D eigenvalue weighted by Crippen LogP contribution is -2.53. The van der Waals surface area contributed by atoms with Crippen molar-refractivity contribution in [1.29, 1.82) is 0 Å². The van der Waals surface area contributed by atoms with Gasteiger partial charge in [-0.25, -0.2) is 8.42 Å². The molecule has 0 aromatic heterocycles. The maximum Gasteiger partial charge on any atom is 0.244 e. The minimum atomic E-state index is -3.96. The van der Waals surface area contributed by atoms with E-state index in [0.29, 0.717) is 12.3 Å². The van der Waals surface area contributed by atoms with Crippen LogP contribution in [0.4, 0.5) is 5.69 Å². The molecule has 9 nitrogen and oxygen atoms in total. The highest BCUT2D eigenvalue weighted by atomic mass is 79.9. The Morgan fingerprint density at radius 3 is 2.27 bits per heavy atom. The average Bonchev–Trinajstić information content (AvgIpc) is 2.96. The van der Waals surface area contributed by atoms with Gasteiger partial charge in [-0.1, -0.05) is 65.3 Å². The molecule has 3 aromatic rings. The first-order valence-corrected chi connectivity index (χ1v) is 15.8. The van der Waals surface area contributed by atoms with Crippen LogP contribution in [0.2, 0.25) is 0 Å². The van der Waals surface area contributed by atoms with Crippen molar-refractivity contribution in [3.05, 3.63) is 88.4 Å². The Kier molecular flexibility index (Phi) is 11.6. The van der Waals surface area contributed by atoms with E-state index in [-0.39, 0.29) is 30.3 Å². The van der Waals surface area contributed by atoms with E-state index < -0.39 is 28.5 Å². The molecule has 0 bridgehead atoms. The summed E-state index contributed by atoms with van der Waals surface area (Å²) in [6.45, 7) is 1.92. The zero-order valence-corrected chi connectivity index (χ0v) is 26.1. The van der Waals surface area contributed by atoms with Crippen LogP contribution in [-0.2, 0) is 32.6 Å². The first-order valence-electron chi connectivity index (χ1n) is 13.1. The van der Waals surface area contributed by atoms with Gasteiger partial charge < -0.3 is 19.7 Å². The highest BCUT2D eigenvalue weighted by Gasteiger charge is 2.33. The van der Waals surface area contributed by atoms with Gasteiger partial charge in [0.25, 0.3) is 0 Å². The predicted octanol–water partition coefficient (Wildman–Crippen LogP) is 4.40. The Hall–Kier alpha value is -3.57. The van der Waals surface area contributed by atoms with Gasteiger partial charge in [-0.05, 0) is 41.8 Å². The largest absolute Gasteiger partial charge is 0.497 e. The summed E-state index contributed by atoms with van der Waals surface area (Å²) in [4.78, 5) is 29.2. The smallest absolute Gasteiger partial charge is 0.244 e. The summed E-state index contributed by atoms with van der Waals surface area (Å²) in [7, 11) is -1.08. The van der Waals surface area contributed by atoms with Gasteiger partial charge in [0.2, 0.25) is 21.8 Å². The van der Waals surface area contributed by atoms with Gasteiger partial charge in [0.1, 0.15) is 24.1 Å². The molecule has 0 fully saturated rings. The van der Waals surface area contributed by atoms with Gasteiger partial charge in [-0.3, -0.25) is 13.9 Å². The third-order valence-corrected chi connectivity index (χ3v) is 8.02. The van der Waals surface area contributed by atoms with E-state index in [1.807, 2.05) is 61.5 Å². The van der Waals surface area contributed by atoms with E-state index in [1.165, 1.54) is 25.2 Å². The van der Waals surface area contributed by atoms with Crippen molar-refractivity contribution in [2.75, 3.05) is 37.9 Å². The lowest BCUT2D eigenvalue weighted by Gasteiger charge is -2.33. The van der Waals surface area contributed by atoms with Crippen LogP contribution in [0, 0.1) is 0 Å². The molecule has 220 valence electrons. The first kappa shape index (κ1) is 32.0. The van der Waals surface area contributed by atoms with E-state index in [9.17, 15) is 18.0 Å². The van der Waals surface area contributed by atoms with Crippen LogP contribution in [-0.4, -0.2) is 64.7 Å². The number of rotatable bonds is 14. The van der Waals surface area contributed by atoms with Gasteiger partial charge in [-0.15, -0.1) is 0 Å². The SMILES string of the molecule is CCCNC(=O)C(Cc1ccccc1)N(Cc1cccc(Br)c1)C(=O)CN(c1cc(OC)ccc1OC)S(C)(=O)=O. The number of carbonyl (C=O) groups excluding carboxylic acids is 2. The van der Waals surface area contributed by atoms with Crippen LogP contribution in [0.25, 0.3) is 0 Å². The van der Waals surface area contributed by atoms with Gasteiger partial charge >= 0.3 is 0 Å². The predicted molar refractivity (Wildman–Crippen MR) is 164 cm³/mol. The molecule has 41 heavy (non-hydrogen) atoms. The molecular formula is C30H36BrN3O6S. The topological polar surface area (TPSA) is 105 Å². The van der Waals surface area contributed by atoms with E-state index >= 15 is 0 Å². The highest BCUT2D eigenvalue weighted by molar-refractivity contribution is 9.10. The minimum Gasteiger partial charge on any atom is -0.497 e. The lowest BCUT2D eigenvalue weighted by atomic mass is 10.0. The molecule has 1 atom stereocenters. The van der Waals surface area contributed by atoms with Crippen LogP contribution in [0.15, 0.2) is 77.3 Å². The number of benzene rings is 3. The van der Waals surface area contributed by atoms with Crippen LogP contribution in [0.3, 0.4) is 0 Å². The molecule has 0 spiro atoms. The Morgan fingerprint density at radius 2 is 1.66 bits per heavy atom. The number of carbonyl (C=O) groups is 2. The summed E-state index contributed by atoms with van der Waals surface area (Å²) in [5.74, 6) is -0.213. The monoisotopic (exact) mass is 645 g/mol. The van der Waals surface area contributed by atoms with Crippen molar-refractivity contribution in [3.63, 3.8) is 0 Å². The van der Waals surface area contributed by atoms with Crippen LogP contribution in [0.5, 0.6) is 11.5 Å². The van der Waals surface area contributed by atoms with Crippen LogP contribution >= 0.6 is 15.9 Å². The summed E-state index contributed by atoms with van der Waals surface area (Å²) in [5, 5.41) is 2.92. The number of hydrogen-bond donors (Lipinski definition) is 1. The van der Waals surface area contributed by atoms with Crippen molar-refractivity contribution in [2.45, 2.75) is 32.4 Å². The Morgan fingerprint density at radius 1 is 0.951 bits per heavy atom. The molecule has 0 aliphatic heterocycles. The van der Waals surface area contributed by atoms with E-state index in [0.717, 1.165) is 32.6 Å². The first-order chi connectivity index (χ1) is 19.6. The number of ether oxygens (including phenoxy) is 2. The third kappa shape index (κ3) is 8.96. The summed E-state index contributed by atoms with van der Waals surface area (Å²) < 4.78 is 38.7. The molecule has 0 saturated carbocycles. The number of hydrogen-bond acceptors (Lipinski definition) is 6. The van der Waals surface area contributed by atoms with Crippen molar-refractivity contribution in [2.24, 2.45) is 0 Å². The quantitative estimate of drug-likeness (QED) is 0.279. The number of sulfonamides is 1. The number of halogens is 1. The molecule has 0 aliphatic rings. The molecule has 11 heteroatoms. The number of nitrogens with one attached hydrogen (secondary N) is 1. The van der Waals surface area contributed by atoms with Gasteiger partial charge in [0.15, 0.2) is 0 Å². The molecule has 2 amide bonds. The summed E-state index contributed by atoms with van der Waals surface area (Å²) in [6.07, 6.45) is 1.99. The van der Waals surface area contributed by atoms with Crippen molar-refractivity contribution in [3.8, 4) is 11.5 Å². The minimum absolute atomic E-state index is 0.0855. The van der Waals surface area contributed by atoms with Crippen molar-refractivity contribution in [1.82, 2.24) is 10.2 Å². The second-order valence-corrected chi connectivity index (χ2v) is 12.3. The maximum absolute atomic E-state index is 14.2. The van der Waals surface area contributed by atoms with Crippen molar-refractivity contribution < 1.29 is 27.5 Å². The zero-order chi connectivity index (χ0) is 30.0. The third-order valence-electron chi connectivity index (χ3n) is 6.40. The number of amides is 2. The fourth-order valence-electron chi connectivity index (χ4n) is 4.34. The zero-order valence-electron chi connectivity index (χ0n) is 23.7. The average molecular weight is 647 g/mol. The number of nitrogens with zero attached hydrogens (tertiary/aromatic N) is 2. The van der Waals surface area contributed by atoms with Crippen molar-refractivity contribution >= 4 is 43.5 Å². The van der Waals surface area contributed by atoms with Gasteiger partial charge in [-0.2, -0.15) is 0 Å². The standard InChI is InChI=1S/C30H36BrN3O6S/c1-5-16-32-30(36)27(18-22-10-7-6-8-11-22)33(20-23-12-9-13-24(31)17-23)29(35)21-34(41(4,37)38)26-19-25(39-2)14-15-28(26)40-3/h6-15,17,19,27H,5,16,18,20-21H2,1-4H3,(H,32,36). The van der Waals surface area contributed by atoms with E-state index in [2.05, 4.69) is 21.2 Å². The Labute approximate surface area is 250 Å². The molecule has 0 saturated heterocycles. The molecule has 3 rings (SSSR count). The van der Waals surface area contributed by atoms with Gasteiger partial charge in [0.05, 0.1) is 26.2 Å². The normalized spacial score (nSPS) is 11.8. The van der Waals surface area contributed by atoms with Crippen LogP contribution in [0.1, 0.15) is 24.5 Å². The molecule has 0 radical (unpaired) electrons. The molecule has 1 N–H and O–H groups in total. The second-order valence-electron chi connectivity index (χ2n) is 9.46. The summed E-state index contributed by atoms with van der Waals surface area (Å²) in [5.41, 5.74) is 1.80. The molecular weight excluding hydrogens is 610 g/mol. The van der Waals surface area contributed by atoms with E-state index in [1.54, 1.807) is 12.1 Å². The molecule has 0 heterocycles. The Balaban J connectivity index is 2.10. The molecule has 3 aromatic carbocycles. The Bertz CT molecular complexity index is 1440. The maximum atomic E-state index is 14.2. The number of methoxy groups -OCH3 is 2. The molecule has 1 unspecified atom stereocenters. The van der Waals surface area contributed by atoms with Gasteiger partial charge in [0, 0.05) is 30.0 Å². The second kappa shape index (κ2) is 14.9. The summed E-state index contributed by atoms with van der Waals surface area (Å²) in [6, 6.07) is 20.7. The number of anilines is 1. The van der Waals surface area contributed by atoms with E-state index in [4.69, 9.17) is 9.47 Å². The molecule has 0 aliphatic carbocycles. The fraction of sp³-hybridized carbons (Fsp3) is 0.333. The van der Waals surface area contributed by atoms with Crippen LogP contribution < -0.4 is 19.1 Å². The highest BCUT2D eigenvalue weighted by Crippen LogP contribution is 2.34. The lowest BCUT2D eigenvalue weighted by molar-refractivity contribution is -0.140. The summed E-state index contributed by atoms with van der Waals surface area (Å²) >= 11 is 3.47.